The molecule has 3 nitrogen and oxygen atoms in total. The van der Waals surface area contributed by atoms with Crippen molar-refractivity contribution in [2.45, 2.75) is 0 Å². The van der Waals surface area contributed by atoms with Gasteiger partial charge in [0, 0.05) is 11.2 Å². The Bertz CT molecular complexity index is 422. The summed E-state index contributed by atoms with van der Waals surface area (Å²) in [6.07, 6.45) is 1.70. The van der Waals surface area contributed by atoms with Crippen LogP contribution in [0.25, 0.3) is 11.4 Å². The molecular formula is C10H8ClN3. The minimum atomic E-state index is 0.401. The molecule has 0 aliphatic heterocycles. The highest BCUT2D eigenvalue weighted by atomic mass is 35.5. The molecule has 0 atom stereocenters. The molecule has 0 saturated heterocycles. The quantitative estimate of drug-likeness (QED) is 0.778. The van der Waals surface area contributed by atoms with E-state index in [1.807, 2.05) is 18.2 Å². The van der Waals surface area contributed by atoms with E-state index in [-0.39, 0.29) is 0 Å². The van der Waals surface area contributed by atoms with Gasteiger partial charge in [0.15, 0.2) is 0 Å². The fourth-order valence-electron chi connectivity index (χ4n) is 1.16. The van der Waals surface area contributed by atoms with Crippen molar-refractivity contribution < 1.29 is 0 Å². The molecule has 70 valence electrons. The van der Waals surface area contributed by atoms with E-state index in [1.165, 1.54) is 0 Å². The van der Waals surface area contributed by atoms with Crippen LogP contribution in [0.4, 0.5) is 5.82 Å². The highest BCUT2D eigenvalue weighted by Crippen LogP contribution is 2.20. The molecule has 2 aromatic heterocycles. The van der Waals surface area contributed by atoms with Gasteiger partial charge in [-0.2, -0.15) is 0 Å². The van der Waals surface area contributed by atoms with Crippen LogP contribution in [0.2, 0.25) is 5.02 Å². The maximum Gasteiger partial charge on any atom is 0.125 e. The molecule has 0 aliphatic carbocycles. The Balaban J connectivity index is 2.52. The summed E-state index contributed by atoms with van der Waals surface area (Å²) < 4.78 is 0. The van der Waals surface area contributed by atoms with Gasteiger partial charge in [-0.25, -0.2) is 4.98 Å². The van der Waals surface area contributed by atoms with Gasteiger partial charge in [0.25, 0.3) is 0 Å². The summed E-state index contributed by atoms with van der Waals surface area (Å²) in [5.41, 5.74) is 7.03. The van der Waals surface area contributed by atoms with Gasteiger partial charge in [0.2, 0.25) is 0 Å². The van der Waals surface area contributed by atoms with Gasteiger partial charge >= 0.3 is 0 Å². The fourth-order valence-corrected chi connectivity index (χ4v) is 1.38. The van der Waals surface area contributed by atoms with Crippen molar-refractivity contribution in [3.05, 3.63) is 41.6 Å². The van der Waals surface area contributed by atoms with Gasteiger partial charge in [0.05, 0.1) is 11.4 Å². The van der Waals surface area contributed by atoms with Crippen LogP contribution in [0, 0.1) is 0 Å². The Kier molecular flexibility index (Phi) is 2.33. The first kappa shape index (κ1) is 8.97. The zero-order chi connectivity index (χ0) is 9.97. The molecule has 0 aliphatic rings. The minimum absolute atomic E-state index is 0.401. The number of nitrogens with zero attached hydrogens (tertiary/aromatic N) is 2. The molecule has 0 spiro atoms. The van der Waals surface area contributed by atoms with Crippen LogP contribution >= 0.6 is 11.6 Å². The Labute approximate surface area is 86.6 Å². The summed E-state index contributed by atoms with van der Waals surface area (Å²) in [4.78, 5) is 8.29. The molecule has 0 unspecified atom stereocenters. The summed E-state index contributed by atoms with van der Waals surface area (Å²) in [7, 11) is 0. The third kappa shape index (κ3) is 1.83. The van der Waals surface area contributed by atoms with Crippen molar-refractivity contribution >= 4 is 17.4 Å². The highest BCUT2D eigenvalue weighted by Gasteiger charge is 2.02. The highest BCUT2D eigenvalue weighted by molar-refractivity contribution is 6.31. The number of aromatic nitrogens is 2. The van der Waals surface area contributed by atoms with Crippen molar-refractivity contribution in [1.29, 1.82) is 0 Å². The number of hydrogen-bond donors (Lipinski definition) is 1. The third-order valence-electron chi connectivity index (χ3n) is 1.74. The first-order valence-electron chi connectivity index (χ1n) is 4.10. The molecule has 2 aromatic rings. The molecule has 0 bridgehead atoms. The zero-order valence-corrected chi connectivity index (χ0v) is 8.07. The zero-order valence-electron chi connectivity index (χ0n) is 7.31. The maximum absolute atomic E-state index is 5.85. The van der Waals surface area contributed by atoms with E-state index in [4.69, 9.17) is 17.3 Å². The monoisotopic (exact) mass is 205 g/mol. The number of hydrogen-bond acceptors (Lipinski definition) is 3. The summed E-state index contributed by atoms with van der Waals surface area (Å²) in [6, 6.07) is 8.94. The van der Waals surface area contributed by atoms with E-state index < -0.39 is 0 Å². The van der Waals surface area contributed by atoms with Gasteiger partial charge in [-0.3, -0.25) is 4.98 Å². The molecule has 2 rings (SSSR count). The normalized spacial score (nSPS) is 10.1. The molecule has 0 radical (unpaired) electrons. The first-order chi connectivity index (χ1) is 6.75. The Hall–Kier alpha value is -1.61. The molecule has 0 fully saturated rings. The minimum Gasteiger partial charge on any atom is -0.384 e. The molecular weight excluding hydrogens is 198 g/mol. The van der Waals surface area contributed by atoms with E-state index in [0.717, 1.165) is 5.69 Å². The van der Waals surface area contributed by atoms with Crippen molar-refractivity contribution in [3.8, 4) is 11.4 Å². The number of pyridine rings is 2. The fraction of sp³-hybridized carbons (Fsp3) is 0. The summed E-state index contributed by atoms with van der Waals surface area (Å²) >= 11 is 5.85. The lowest BCUT2D eigenvalue weighted by atomic mass is 10.2. The number of rotatable bonds is 1. The molecule has 2 N–H and O–H groups in total. The van der Waals surface area contributed by atoms with E-state index in [0.29, 0.717) is 16.5 Å². The van der Waals surface area contributed by atoms with Gasteiger partial charge in [-0.15, -0.1) is 0 Å². The van der Waals surface area contributed by atoms with Crippen LogP contribution in [0.5, 0.6) is 0 Å². The molecule has 2 heterocycles. The Morgan fingerprint density at radius 2 is 2.00 bits per heavy atom. The number of halogens is 1. The van der Waals surface area contributed by atoms with E-state index in [9.17, 15) is 0 Å². The predicted octanol–water partition coefficient (Wildman–Crippen LogP) is 2.38. The van der Waals surface area contributed by atoms with Crippen LogP contribution in [0.1, 0.15) is 0 Å². The predicted molar refractivity (Wildman–Crippen MR) is 56.9 cm³/mol. The van der Waals surface area contributed by atoms with Gasteiger partial charge in [0.1, 0.15) is 5.82 Å². The van der Waals surface area contributed by atoms with E-state index in [2.05, 4.69) is 9.97 Å². The Morgan fingerprint density at radius 3 is 2.64 bits per heavy atom. The summed E-state index contributed by atoms with van der Waals surface area (Å²) in [5.74, 6) is 0.401. The average molecular weight is 206 g/mol. The van der Waals surface area contributed by atoms with Crippen LogP contribution in [-0.4, -0.2) is 9.97 Å². The standard InChI is InChI=1S/C10H8ClN3/c11-7-5-9(14-10(12)6-7)8-3-1-2-4-13-8/h1-6H,(H2,12,14). The van der Waals surface area contributed by atoms with Crippen molar-refractivity contribution in [3.63, 3.8) is 0 Å². The lowest BCUT2D eigenvalue weighted by Gasteiger charge is -2.01. The van der Waals surface area contributed by atoms with Crippen molar-refractivity contribution in [2.24, 2.45) is 0 Å². The average Bonchev–Trinajstić information content (AvgIpc) is 2.18. The lowest BCUT2D eigenvalue weighted by molar-refractivity contribution is 1.25. The van der Waals surface area contributed by atoms with Crippen LogP contribution in [-0.2, 0) is 0 Å². The summed E-state index contributed by atoms with van der Waals surface area (Å²) in [5, 5.41) is 0.568. The molecule has 0 aromatic carbocycles. The van der Waals surface area contributed by atoms with Gasteiger partial charge in [-0.1, -0.05) is 17.7 Å². The molecule has 4 heteroatoms. The summed E-state index contributed by atoms with van der Waals surface area (Å²) in [6.45, 7) is 0. The molecule has 14 heavy (non-hydrogen) atoms. The second-order valence-electron chi connectivity index (χ2n) is 2.81. The van der Waals surface area contributed by atoms with Crippen LogP contribution in [0.3, 0.4) is 0 Å². The lowest BCUT2D eigenvalue weighted by Crippen LogP contribution is -1.93. The molecule has 0 amide bonds. The van der Waals surface area contributed by atoms with Crippen molar-refractivity contribution in [2.75, 3.05) is 5.73 Å². The first-order valence-corrected chi connectivity index (χ1v) is 4.48. The second-order valence-corrected chi connectivity index (χ2v) is 3.25. The largest absolute Gasteiger partial charge is 0.384 e. The van der Waals surface area contributed by atoms with Gasteiger partial charge in [-0.05, 0) is 24.3 Å². The number of anilines is 1. The SMILES string of the molecule is Nc1cc(Cl)cc(-c2ccccn2)n1. The number of nitrogen functional groups attached to an aromatic ring is 1. The maximum atomic E-state index is 5.85. The smallest absolute Gasteiger partial charge is 0.125 e. The van der Waals surface area contributed by atoms with Crippen LogP contribution in [0.15, 0.2) is 36.5 Å². The van der Waals surface area contributed by atoms with Gasteiger partial charge < -0.3 is 5.73 Å². The van der Waals surface area contributed by atoms with E-state index in [1.54, 1.807) is 18.3 Å². The van der Waals surface area contributed by atoms with E-state index >= 15 is 0 Å². The molecule has 0 saturated carbocycles. The second kappa shape index (κ2) is 3.64. The number of nitrogens with two attached hydrogens (primary N) is 1. The van der Waals surface area contributed by atoms with Crippen molar-refractivity contribution in [1.82, 2.24) is 9.97 Å². The topological polar surface area (TPSA) is 51.8 Å². The van der Waals surface area contributed by atoms with Crippen LogP contribution < -0.4 is 5.73 Å². The Morgan fingerprint density at radius 1 is 1.14 bits per heavy atom. The third-order valence-corrected chi connectivity index (χ3v) is 1.96.